The van der Waals surface area contributed by atoms with Crippen LogP contribution in [0.5, 0.6) is 5.75 Å². The van der Waals surface area contributed by atoms with Crippen LogP contribution in [-0.4, -0.2) is 7.11 Å². The lowest BCUT2D eigenvalue weighted by molar-refractivity contribution is 0.414. The highest BCUT2D eigenvalue weighted by molar-refractivity contribution is 6.31. The van der Waals surface area contributed by atoms with Crippen LogP contribution >= 0.6 is 11.6 Å². The lowest BCUT2D eigenvalue weighted by Crippen LogP contribution is -2.14. The fourth-order valence-corrected chi connectivity index (χ4v) is 1.97. The molecule has 0 aromatic heterocycles. The molecule has 2 unspecified atom stereocenters. The Morgan fingerprint density at radius 3 is 2.62 bits per heavy atom. The van der Waals surface area contributed by atoms with Gasteiger partial charge in [0.25, 0.3) is 0 Å². The van der Waals surface area contributed by atoms with Crippen molar-refractivity contribution in [2.75, 3.05) is 7.11 Å². The third-order valence-corrected chi connectivity index (χ3v) is 3.29. The second-order valence-electron chi connectivity index (χ2n) is 4.24. The molecule has 90 valence electrons. The van der Waals surface area contributed by atoms with Crippen molar-refractivity contribution >= 4 is 11.6 Å². The highest BCUT2D eigenvalue weighted by Gasteiger charge is 2.13. The number of nitrogens with two attached hydrogens (primary N) is 1. The smallest absolute Gasteiger partial charge is 0.120 e. The Morgan fingerprint density at radius 1 is 1.44 bits per heavy atom. The van der Waals surface area contributed by atoms with E-state index in [1.54, 1.807) is 7.11 Å². The van der Waals surface area contributed by atoms with Gasteiger partial charge in [0.1, 0.15) is 5.75 Å². The van der Waals surface area contributed by atoms with E-state index in [1.807, 2.05) is 18.2 Å². The fraction of sp³-hybridized carbons (Fsp3) is 0.538. The molecule has 0 spiro atoms. The molecule has 0 bridgehead atoms. The summed E-state index contributed by atoms with van der Waals surface area (Å²) in [5.41, 5.74) is 7.14. The third kappa shape index (κ3) is 3.39. The molecule has 1 rings (SSSR count). The Bertz CT molecular complexity index is 341. The SMILES string of the molecule is CCC(C)CC(N)c1ccc(OC)cc1Cl. The first-order valence-corrected chi connectivity index (χ1v) is 6.05. The Morgan fingerprint density at radius 2 is 2.12 bits per heavy atom. The number of benzene rings is 1. The molecular formula is C13H20ClNO. The van der Waals surface area contributed by atoms with E-state index in [4.69, 9.17) is 22.1 Å². The Kier molecular flexibility index (Phi) is 5.10. The van der Waals surface area contributed by atoms with Gasteiger partial charge in [-0.1, -0.05) is 37.9 Å². The summed E-state index contributed by atoms with van der Waals surface area (Å²) in [6, 6.07) is 5.67. The first-order valence-electron chi connectivity index (χ1n) is 5.67. The molecule has 0 saturated carbocycles. The first kappa shape index (κ1) is 13.3. The summed E-state index contributed by atoms with van der Waals surface area (Å²) in [6.45, 7) is 4.38. The summed E-state index contributed by atoms with van der Waals surface area (Å²) < 4.78 is 5.11. The van der Waals surface area contributed by atoms with Crippen molar-refractivity contribution in [3.05, 3.63) is 28.8 Å². The van der Waals surface area contributed by atoms with Crippen molar-refractivity contribution in [3.63, 3.8) is 0 Å². The number of halogens is 1. The van der Waals surface area contributed by atoms with E-state index in [-0.39, 0.29) is 6.04 Å². The third-order valence-electron chi connectivity index (χ3n) is 2.96. The maximum Gasteiger partial charge on any atom is 0.120 e. The number of hydrogen-bond donors (Lipinski definition) is 1. The van der Waals surface area contributed by atoms with Gasteiger partial charge in [0, 0.05) is 11.1 Å². The van der Waals surface area contributed by atoms with Gasteiger partial charge < -0.3 is 10.5 Å². The Hall–Kier alpha value is -0.730. The highest BCUT2D eigenvalue weighted by Crippen LogP contribution is 2.29. The molecule has 1 aromatic rings. The molecule has 2 nitrogen and oxygen atoms in total. The molecule has 0 heterocycles. The lowest BCUT2D eigenvalue weighted by atomic mass is 9.95. The van der Waals surface area contributed by atoms with Gasteiger partial charge in [-0.3, -0.25) is 0 Å². The number of methoxy groups -OCH3 is 1. The van der Waals surface area contributed by atoms with E-state index in [0.29, 0.717) is 10.9 Å². The summed E-state index contributed by atoms with van der Waals surface area (Å²) in [6.07, 6.45) is 2.10. The fourth-order valence-electron chi connectivity index (χ4n) is 1.66. The van der Waals surface area contributed by atoms with Crippen LogP contribution in [-0.2, 0) is 0 Å². The molecule has 1 aromatic carbocycles. The molecule has 0 saturated heterocycles. The highest BCUT2D eigenvalue weighted by atomic mass is 35.5. The molecule has 0 amide bonds. The van der Waals surface area contributed by atoms with Crippen molar-refractivity contribution in [2.45, 2.75) is 32.7 Å². The Balaban J connectivity index is 2.79. The van der Waals surface area contributed by atoms with E-state index >= 15 is 0 Å². The van der Waals surface area contributed by atoms with Crippen LogP contribution < -0.4 is 10.5 Å². The monoisotopic (exact) mass is 241 g/mol. The normalized spacial score (nSPS) is 14.6. The van der Waals surface area contributed by atoms with Gasteiger partial charge in [-0.2, -0.15) is 0 Å². The minimum absolute atomic E-state index is 0.00774. The van der Waals surface area contributed by atoms with Gasteiger partial charge in [0.2, 0.25) is 0 Å². The number of hydrogen-bond acceptors (Lipinski definition) is 2. The molecule has 0 aliphatic carbocycles. The molecule has 3 heteroatoms. The van der Waals surface area contributed by atoms with E-state index < -0.39 is 0 Å². The first-order chi connectivity index (χ1) is 7.58. The zero-order valence-corrected chi connectivity index (χ0v) is 10.9. The van der Waals surface area contributed by atoms with E-state index in [0.717, 1.165) is 24.2 Å². The largest absolute Gasteiger partial charge is 0.497 e. The summed E-state index contributed by atoms with van der Waals surface area (Å²) >= 11 is 6.17. The summed E-state index contributed by atoms with van der Waals surface area (Å²) in [5, 5.41) is 0.690. The van der Waals surface area contributed by atoms with Gasteiger partial charge >= 0.3 is 0 Å². The van der Waals surface area contributed by atoms with Gasteiger partial charge in [0.15, 0.2) is 0 Å². The van der Waals surface area contributed by atoms with E-state index in [1.165, 1.54) is 0 Å². The van der Waals surface area contributed by atoms with Crippen molar-refractivity contribution in [3.8, 4) is 5.75 Å². The second-order valence-corrected chi connectivity index (χ2v) is 4.65. The van der Waals surface area contributed by atoms with Crippen LogP contribution in [0.1, 0.15) is 38.3 Å². The van der Waals surface area contributed by atoms with Crippen LogP contribution in [0.2, 0.25) is 5.02 Å². The van der Waals surface area contributed by atoms with E-state index in [2.05, 4.69) is 13.8 Å². The van der Waals surface area contributed by atoms with Crippen LogP contribution in [0.3, 0.4) is 0 Å². The number of rotatable bonds is 5. The van der Waals surface area contributed by atoms with Crippen molar-refractivity contribution < 1.29 is 4.74 Å². The predicted molar refractivity (Wildman–Crippen MR) is 69.0 cm³/mol. The maximum absolute atomic E-state index is 6.17. The van der Waals surface area contributed by atoms with Crippen molar-refractivity contribution in [2.24, 2.45) is 11.7 Å². The van der Waals surface area contributed by atoms with Crippen LogP contribution in [0.4, 0.5) is 0 Å². The molecule has 0 radical (unpaired) electrons. The van der Waals surface area contributed by atoms with Crippen molar-refractivity contribution in [1.82, 2.24) is 0 Å². The zero-order chi connectivity index (χ0) is 12.1. The Labute approximate surface area is 103 Å². The minimum Gasteiger partial charge on any atom is -0.497 e. The molecule has 0 aliphatic rings. The predicted octanol–water partition coefficient (Wildman–Crippen LogP) is 3.78. The molecule has 2 N–H and O–H groups in total. The molecule has 2 atom stereocenters. The molecular weight excluding hydrogens is 222 g/mol. The van der Waals surface area contributed by atoms with E-state index in [9.17, 15) is 0 Å². The zero-order valence-electron chi connectivity index (χ0n) is 10.2. The summed E-state index contributed by atoms with van der Waals surface area (Å²) in [4.78, 5) is 0. The standard InChI is InChI=1S/C13H20ClNO/c1-4-9(2)7-13(15)11-6-5-10(16-3)8-12(11)14/h5-6,8-9,13H,4,7,15H2,1-3H3. The van der Waals surface area contributed by atoms with Gasteiger partial charge in [-0.15, -0.1) is 0 Å². The van der Waals surface area contributed by atoms with Crippen LogP contribution in [0.25, 0.3) is 0 Å². The quantitative estimate of drug-likeness (QED) is 0.852. The van der Waals surface area contributed by atoms with Gasteiger partial charge in [-0.05, 0) is 30.0 Å². The topological polar surface area (TPSA) is 35.2 Å². The van der Waals surface area contributed by atoms with Crippen LogP contribution in [0.15, 0.2) is 18.2 Å². The average molecular weight is 242 g/mol. The number of ether oxygens (including phenoxy) is 1. The maximum atomic E-state index is 6.17. The summed E-state index contributed by atoms with van der Waals surface area (Å²) in [5.74, 6) is 1.39. The van der Waals surface area contributed by atoms with Crippen LogP contribution in [0, 0.1) is 5.92 Å². The minimum atomic E-state index is 0.00774. The average Bonchev–Trinajstić information content (AvgIpc) is 2.28. The van der Waals surface area contributed by atoms with Crippen molar-refractivity contribution in [1.29, 1.82) is 0 Å². The van der Waals surface area contributed by atoms with Gasteiger partial charge in [0.05, 0.1) is 7.11 Å². The molecule has 16 heavy (non-hydrogen) atoms. The summed E-state index contributed by atoms with van der Waals surface area (Å²) in [7, 11) is 1.63. The molecule has 0 fully saturated rings. The lowest BCUT2D eigenvalue weighted by Gasteiger charge is -2.17. The molecule has 0 aliphatic heterocycles. The van der Waals surface area contributed by atoms with Gasteiger partial charge in [-0.25, -0.2) is 0 Å². The second kappa shape index (κ2) is 6.12.